The van der Waals surface area contributed by atoms with Gasteiger partial charge in [0.2, 0.25) is 5.16 Å². The Hall–Kier alpha value is -4.21. The molecule has 4 heterocycles. The van der Waals surface area contributed by atoms with Crippen LogP contribution in [-0.4, -0.2) is 106 Å². The Morgan fingerprint density at radius 1 is 1.36 bits per heavy atom. The predicted molar refractivity (Wildman–Crippen MR) is 150 cm³/mol. The number of carbonyl (C=O) groups excluding carboxylic acids is 2. The van der Waals surface area contributed by atoms with Crippen LogP contribution < -0.4 is 16.5 Å². The number of aromatic nitrogens is 5. The summed E-state index contributed by atoms with van der Waals surface area (Å²) in [4.78, 5) is 64.9. The molecule has 224 valence electrons. The number of nitrogens with zero attached hydrogens (tertiary/aromatic N) is 7. The van der Waals surface area contributed by atoms with Crippen molar-refractivity contribution in [1.29, 1.82) is 0 Å². The number of thiazole rings is 1. The van der Waals surface area contributed by atoms with E-state index in [2.05, 4.69) is 41.3 Å². The summed E-state index contributed by atoms with van der Waals surface area (Å²) in [5.74, 6) is -3.70. The lowest BCUT2D eigenvalue weighted by Gasteiger charge is -2.49. The number of nitrogen functional groups attached to an aromatic ring is 1. The number of thioether (sulfide) groups is 2. The largest absolute Gasteiger partial charge is 0.477 e. The number of nitrogens with two attached hydrogens (primary N) is 1. The number of hydroxylamine groups is 1. The Bertz CT molecular complexity index is 1490. The molecule has 1 saturated heterocycles. The lowest BCUT2D eigenvalue weighted by molar-refractivity contribution is -0.150. The Labute approximate surface area is 249 Å². The van der Waals surface area contributed by atoms with Gasteiger partial charge in [-0.2, -0.15) is 4.68 Å². The molecule has 2 aliphatic heterocycles. The second-order valence-electron chi connectivity index (χ2n) is 8.63. The van der Waals surface area contributed by atoms with Crippen molar-refractivity contribution in [2.24, 2.45) is 5.16 Å². The normalized spacial score (nSPS) is 19.0. The summed E-state index contributed by atoms with van der Waals surface area (Å²) < 4.78 is 1.08. The Morgan fingerprint density at radius 2 is 2.12 bits per heavy atom. The third-order valence-electron chi connectivity index (χ3n) is 5.40. The van der Waals surface area contributed by atoms with Gasteiger partial charge < -0.3 is 26.1 Å². The second kappa shape index (κ2) is 13.2. The molecule has 42 heavy (non-hydrogen) atoms. The standard InChI is InChI=1S/C21H24N10O8S3/c1-8(2)39-27-12(11-7-41-20(22)23-11)15(32)24-13-16(33)31-14(19(36)37)9(5-40-17(13)31)6-42-21-25-28-29-30(21)4-10(18(34)35)26-38-3/h4,7-8,13,17,26H,5-6H2,1-3H3,(H2,22,23)(H,24,32)(H,34,35)(H,36,37)/t13?,17-/m0/s1. The van der Waals surface area contributed by atoms with Crippen LogP contribution in [0.3, 0.4) is 0 Å². The van der Waals surface area contributed by atoms with Gasteiger partial charge in [-0.3, -0.25) is 24.8 Å². The number of carbonyl (C=O) groups is 4. The van der Waals surface area contributed by atoms with Crippen molar-refractivity contribution >= 4 is 75.7 Å². The molecular weight excluding hydrogens is 616 g/mol. The summed E-state index contributed by atoms with van der Waals surface area (Å²) in [6.07, 6.45) is 0.752. The quantitative estimate of drug-likeness (QED) is 0.0603. The summed E-state index contributed by atoms with van der Waals surface area (Å²) in [6.45, 7) is 3.44. The lowest BCUT2D eigenvalue weighted by atomic mass is 10.0. The van der Waals surface area contributed by atoms with Crippen LogP contribution in [-0.2, 0) is 28.9 Å². The van der Waals surface area contributed by atoms with Gasteiger partial charge in [0.15, 0.2) is 16.5 Å². The molecule has 0 aliphatic carbocycles. The average Bonchev–Trinajstić information content (AvgIpc) is 3.57. The van der Waals surface area contributed by atoms with Gasteiger partial charge in [-0.05, 0) is 29.8 Å². The van der Waals surface area contributed by atoms with Crippen LogP contribution in [0, 0.1) is 0 Å². The maximum atomic E-state index is 13.1. The van der Waals surface area contributed by atoms with E-state index in [-0.39, 0.29) is 50.7 Å². The zero-order valence-electron chi connectivity index (χ0n) is 22.1. The highest BCUT2D eigenvalue weighted by molar-refractivity contribution is 8.01. The molecule has 2 aromatic heterocycles. The van der Waals surface area contributed by atoms with Crippen LogP contribution in [0.15, 0.2) is 32.7 Å². The molecule has 6 N–H and O–H groups in total. The number of nitrogens with one attached hydrogen (secondary N) is 2. The number of carboxylic acids is 2. The summed E-state index contributed by atoms with van der Waals surface area (Å²) in [5.41, 5.74) is 7.73. The van der Waals surface area contributed by atoms with Crippen molar-refractivity contribution < 1.29 is 39.1 Å². The molecule has 4 rings (SSSR count). The predicted octanol–water partition coefficient (Wildman–Crippen LogP) is -0.594. The summed E-state index contributed by atoms with van der Waals surface area (Å²) in [5, 5.41) is 38.0. The van der Waals surface area contributed by atoms with E-state index in [1.165, 1.54) is 24.3 Å². The van der Waals surface area contributed by atoms with E-state index in [4.69, 9.17) is 10.6 Å². The zero-order chi connectivity index (χ0) is 30.6. The number of hydrogen-bond acceptors (Lipinski definition) is 16. The SMILES string of the molecule is CONC(=Cn1nnnc1SCC1=C(C(=O)O)N2C(=O)C(NC(=O)C(=NOC(C)C)c3csc(N)n3)[C@@H]2SC1)C(=O)O. The van der Waals surface area contributed by atoms with Crippen molar-refractivity contribution in [3.8, 4) is 0 Å². The minimum Gasteiger partial charge on any atom is -0.477 e. The molecule has 1 unspecified atom stereocenters. The molecule has 1 fully saturated rings. The van der Waals surface area contributed by atoms with Crippen molar-refractivity contribution in [1.82, 2.24) is 40.9 Å². The highest BCUT2D eigenvalue weighted by Gasteiger charge is 2.54. The van der Waals surface area contributed by atoms with Gasteiger partial charge in [-0.25, -0.2) is 14.6 Å². The second-order valence-corrected chi connectivity index (χ2v) is 11.6. The van der Waals surface area contributed by atoms with Crippen molar-refractivity contribution in [3.05, 3.63) is 28.0 Å². The molecule has 2 atom stereocenters. The van der Waals surface area contributed by atoms with E-state index in [0.717, 1.165) is 38.9 Å². The number of oxime groups is 1. The highest BCUT2D eigenvalue weighted by atomic mass is 32.2. The van der Waals surface area contributed by atoms with Gasteiger partial charge in [0.05, 0.1) is 13.3 Å². The Kier molecular flexibility index (Phi) is 9.65. The lowest BCUT2D eigenvalue weighted by Crippen LogP contribution is -2.71. The third kappa shape index (κ3) is 6.64. The van der Waals surface area contributed by atoms with Crippen molar-refractivity contribution in [3.63, 3.8) is 0 Å². The number of anilines is 1. The topological polar surface area (TPSA) is 249 Å². The minimum atomic E-state index is -1.33. The van der Waals surface area contributed by atoms with Gasteiger partial charge in [0, 0.05) is 16.9 Å². The number of amides is 2. The molecule has 0 saturated carbocycles. The molecular formula is C21H24N10O8S3. The average molecular weight is 641 g/mol. The van der Waals surface area contributed by atoms with E-state index in [9.17, 15) is 29.4 Å². The fourth-order valence-corrected chi connectivity index (χ4v) is 6.51. The first-order chi connectivity index (χ1) is 20.0. The van der Waals surface area contributed by atoms with Crippen molar-refractivity contribution in [2.75, 3.05) is 24.3 Å². The van der Waals surface area contributed by atoms with Gasteiger partial charge in [-0.15, -0.1) is 28.2 Å². The molecule has 2 aliphatic rings. The van der Waals surface area contributed by atoms with Crippen molar-refractivity contribution in [2.45, 2.75) is 36.5 Å². The summed E-state index contributed by atoms with van der Waals surface area (Å²) >= 11 is 3.40. The number of hydrogen-bond donors (Lipinski definition) is 5. The monoisotopic (exact) mass is 640 g/mol. The van der Waals surface area contributed by atoms with Gasteiger partial charge in [-0.1, -0.05) is 16.9 Å². The van der Waals surface area contributed by atoms with Gasteiger partial charge in [0.25, 0.3) is 11.8 Å². The number of aliphatic carboxylic acids is 2. The maximum absolute atomic E-state index is 13.1. The van der Waals surface area contributed by atoms with Gasteiger partial charge >= 0.3 is 11.9 Å². The number of tetrazole rings is 1. The molecule has 0 radical (unpaired) electrons. The Morgan fingerprint density at radius 3 is 2.74 bits per heavy atom. The first-order valence-electron chi connectivity index (χ1n) is 11.8. The molecule has 0 spiro atoms. The minimum absolute atomic E-state index is 0.0745. The number of carboxylic acid groups (broad SMARTS) is 2. The summed E-state index contributed by atoms with van der Waals surface area (Å²) in [6, 6.07) is -1.02. The Balaban J connectivity index is 1.49. The van der Waals surface area contributed by atoms with Crippen LogP contribution in [0.2, 0.25) is 0 Å². The summed E-state index contributed by atoms with van der Waals surface area (Å²) in [7, 11) is 1.23. The molecule has 0 aromatic carbocycles. The number of fused-ring (bicyclic) bond motifs is 1. The molecule has 21 heteroatoms. The van der Waals surface area contributed by atoms with Gasteiger partial charge in [0.1, 0.15) is 28.9 Å². The maximum Gasteiger partial charge on any atom is 0.355 e. The fraction of sp³-hybridized carbons (Fsp3) is 0.381. The molecule has 18 nitrogen and oxygen atoms in total. The van der Waals surface area contributed by atoms with E-state index >= 15 is 0 Å². The third-order valence-corrected chi connectivity index (χ3v) is 8.44. The smallest absolute Gasteiger partial charge is 0.355 e. The highest BCUT2D eigenvalue weighted by Crippen LogP contribution is 2.41. The fourth-order valence-electron chi connectivity index (χ4n) is 3.63. The number of rotatable bonds is 13. The van der Waals surface area contributed by atoms with Crippen LogP contribution in [0.1, 0.15) is 19.5 Å². The first-order valence-corrected chi connectivity index (χ1v) is 14.7. The van der Waals surface area contributed by atoms with E-state index < -0.39 is 35.2 Å². The van der Waals surface area contributed by atoms with E-state index in [0.29, 0.717) is 5.57 Å². The first kappa shape index (κ1) is 30.7. The van der Waals surface area contributed by atoms with E-state index in [1.807, 2.05) is 0 Å². The zero-order valence-corrected chi connectivity index (χ0v) is 24.5. The van der Waals surface area contributed by atoms with Crippen LogP contribution >= 0.6 is 34.9 Å². The molecule has 0 bridgehead atoms. The molecule has 2 aromatic rings. The van der Waals surface area contributed by atoms with Crippen LogP contribution in [0.4, 0.5) is 5.13 Å². The number of β-lactam (4-membered cyclic amide) rings is 1. The van der Waals surface area contributed by atoms with E-state index in [1.54, 1.807) is 13.8 Å². The molecule has 2 amide bonds. The van der Waals surface area contributed by atoms with Crippen LogP contribution in [0.5, 0.6) is 0 Å². The van der Waals surface area contributed by atoms with Crippen LogP contribution in [0.25, 0.3) is 6.20 Å².